The van der Waals surface area contributed by atoms with Crippen molar-refractivity contribution in [3.63, 3.8) is 0 Å². The Morgan fingerprint density at radius 1 is 1.60 bits per heavy atom. The van der Waals surface area contributed by atoms with Crippen LogP contribution in [-0.4, -0.2) is 29.4 Å². The molecular weight excluding hydrogens is 274 g/mol. The lowest BCUT2D eigenvalue weighted by atomic mass is 10.2. The third-order valence-corrected chi connectivity index (χ3v) is 4.34. The van der Waals surface area contributed by atoms with E-state index in [2.05, 4.69) is 22.2 Å². The largest absolute Gasteiger partial charge is 0.469 e. The predicted molar refractivity (Wildman–Crippen MR) is 77.8 cm³/mol. The summed E-state index contributed by atoms with van der Waals surface area (Å²) < 4.78 is 5.21. The summed E-state index contributed by atoms with van der Waals surface area (Å²) in [7, 11) is 2.10. The SMILES string of the molecule is CN1CCc2nc(NC(=O)CCc3ccco3)sc2C1. The first-order chi connectivity index (χ1) is 9.70. The van der Waals surface area contributed by atoms with Crippen LogP contribution in [0.3, 0.4) is 0 Å². The molecule has 1 amide bonds. The maximum absolute atomic E-state index is 11.9. The number of anilines is 1. The van der Waals surface area contributed by atoms with Gasteiger partial charge in [0.25, 0.3) is 0 Å². The van der Waals surface area contributed by atoms with Gasteiger partial charge in [0.15, 0.2) is 5.13 Å². The molecule has 2 aromatic heterocycles. The van der Waals surface area contributed by atoms with E-state index in [1.54, 1.807) is 17.6 Å². The van der Waals surface area contributed by atoms with E-state index in [1.165, 1.54) is 4.88 Å². The number of nitrogens with zero attached hydrogens (tertiary/aromatic N) is 2. The molecule has 0 saturated heterocycles. The molecule has 0 unspecified atom stereocenters. The van der Waals surface area contributed by atoms with E-state index >= 15 is 0 Å². The van der Waals surface area contributed by atoms with Gasteiger partial charge in [-0.25, -0.2) is 4.98 Å². The first-order valence-electron chi connectivity index (χ1n) is 6.70. The van der Waals surface area contributed by atoms with Crippen LogP contribution in [0.2, 0.25) is 0 Å². The Morgan fingerprint density at radius 2 is 2.50 bits per heavy atom. The zero-order valence-electron chi connectivity index (χ0n) is 11.4. The molecule has 0 atom stereocenters. The Morgan fingerprint density at radius 3 is 3.30 bits per heavy atom. The zero-order chi connectivity index (χ0) is 13.9. The number of thiazole rings is 1. The maximum Gasteiger partial charge on any atom is 0.226 e. The smallest absolute Gasteiger partial charge is 0.226 e. The second-order valence-corrected chi connectivity index (χ2v) is 6.09. The molecule has 106 valence electrons. The number of nitrogens with one attached hydrogen (secondary N) is 1. The van der Waals surface area contributed by atoms with Crippen molar-refractivity contribution in [2.24, 2.45) is 0 Å². The standard InChI is InChI=1S/C14H17N3O2S/c1-17-7-6-11-12(9-17)20-14(15-11)16-13(18)5-4-10-3-2-8-19-10/h2-3,8H,4-7,9H2,1H3,(H,15,16,18). The van der Waals surface area contributed by atoms with Crippen molar-refractivity contribution >= 4 is 22.4 Å². The highest BCUT2D eigenvalue weighted by Gasteiger charge is 2.19. The van der Waals surface area contributed by atoms with Gasteiger partial charge in [-0.2, -0.15) is 0 Å². The number of hydrogen-bond donors (Lipinski definition) is 1. The van der Waals surface area contributed by atoms with Crippen LogP contribution in [0.4, 0.5) is 5.13 Å². The van der Waals surface area contributed by atoms with E-state index in [9.17, 15) is 4.79 Å². The molecule has 0 aromatic carbocycles. The minimum absolute atomic E-state index is 0.0131. The monoisotopic (exact) mass is 291 g/mol. The van der Waals surface area contributed by atoms with Gasteiger partial charge in [0.1, 0.15) is 5.76 Å². The van der Waals surface area contributed by atoms with Crippen LogP contribution in [0.15, 0.2) is 22.8 Å². The Balaban J connectivity index is 1.56. The number of amides is 1. The lowest BCUT2D eigenvalue weighted by Gasteiger charge is -2.20. The third-order valence-electron chi connectivity index (χ3n) is 3.35. The van der Waals surface area contributed by atoms with Crippen LogP contribution in [0, 0.1) is 0 Å². The summed E-state index contributed by atoms with van der Waals surface area (Å²) in [5.74, 6) is 0.820. The zero-order valence-corrected chi connectivity index (χ0v) is 12.2. The number of aromatic nitrogens is 1. The lowest BCUT2D eigenvalue weighted by Crippen LogP contribution is -2.25. The molecule has 1 aliphatic rings. The van der Waals surface area contributed by atoms with Gasteiger partial charge in [-0.3, -0.25) is 4.79 Å². The number of likely N-dealkylation sites (N-methyl/N-ethyl adjacent to an activating group) is 1. The summed E-state index contributed by atoms with van der Waals surface area (Å²) in [4.78, 5) is 19.9. The topological polar surface area (TPSA) is 58.4 Å². The summed E-state index contributed by atoms with van der Waals surface area (Å²) in [6.07, 6.45) is 3.62. The van der Waals surface area contributed by atoms with Gasteiger partial charge in [-0.1, -0.05) is 0 Å². The van der Waals surface area contributed by atoms with Crippen LogP contribution >= 0.6 is 11.3 Å². The molecule has 1 N–H and O–H groups in total. The van der Waals surface area contributed by atoms with Crippen molar-refractivity contribution < 1.29 is 9.21 Å². The van der Waals surface area contributed by atoms with E-state index in [4.69, 9.17) is 4.42 Å². The van der Waals surface area contributed by atoms with Crippen molar-refractivity contribution in [2.75, 3.05) is 18.9 Å². The Bertz CT molecular complexity index is 592. The molecule has 0 radical (unpaired) electrons. The first-order valence-corrected chi connectivity index (χ1v) is 7.52. The summed E-state index contributed by atoms with van der Waals surface area (Å²) in [5.41, 5.74) is 1.13. The number of furan rings is 1. The van der Waals surface area contributed by atoms with Gasteiger partial charge >= 0.3 is 0 Å². The van der Waals surface area contributed by atoms with E-state index in [0.29, 0.717) is 12.8 Å². The molecule has 2 aromatic rings. The van der Waals surface area contributed by atoms with E-state index in [-0.39, 0.29) is 5.91 Å². The maximum atomic E-state index is 11.9. The van der Waals surface area contributed by atoms with Crippen LogP contribution in [-0.2, 0) is 24.2 Å². The summed E-state index contributed by atoms with van der Waals surface area (Å²) >= 11 is 1.58. The highest BCUT2D eigenvalue weighted by Crippen LogP contribution is 2.27. The van der Waals surface area contributed by atoms with Gasteiger partial charge in [-0.05, 0) is 19.2 Å². The van der Waals surface area contributed by atoms with Crippen molar-refractivity contribution in [1.82, 2.24) is 9.88 Å². The lowest BCUT2D eigenvalue weighted by molar-refractivity contribution is -0.116. The minimum atomic E-state index is -0.0131. The summed E-state index contributed by atoms with van der Waals surface area (Å²) in [6, 6.07) is 3.71. The fraction of sp³-hybridized carbons (Fsp3) is 0.429. The van der Waals surface area contributed by atoms with E-state index in [1.807, 2.05) is 12.1 Å². The van der Waals surface area contributed by atoms with Crippen molar-refractivity contribution in [3.8, 4) is 0 Å². The minimum Gasteiger partial charge on any atom is -0.469 e. The van der Waals surface area contributed by atoms with Gasteiger partial charge in [0, 0.05) is 37.2 Å². The molecule has 0 fully saturated rings. The van der Waals surface area contributed by atoms with Crippen LogP contribution in [0.5, 0.6) is 0 Å². The molecule has 1 aliphatic heterocycles. The normalized spacial score (nSPS) is 15.1. The number of carbonyl (C=O) groups excluding carboxylic acids is 1. The van der Waals surface area contributed by atoms with Crippen LogP contribution in [0.1, 0.15) is 22.8 Å². The first kappa shape index (κ1) is 13.3. The molecular formula is C14H17N3O2S. The Labute approximate surface area is 121 Å². The van der Waals surface area contributed by atoms with E-state index < -0.39 is 0 Å². The van der Waals surface area contributed by atoms with Crippen molar-refractivity contribution in [3.05, 3.63) is 34.7 Å². The fourth-order valence-electron chi connectivity index (χ4n) is 2.25. The van der Waals surface area contributed by atoms with Crippen LogP contribution < -0.4 is 5.32 Å². The van der Waals surface area contributed by atoms with Gasteiger partial charge < -0.3 is 14.6 Å². The highest BCUT2D eigenvalue weighted by atomic mass is 32.1. The van der Waals surface area contributed by atoms with Gasteiger partial charge in [0.05, 0.1) is 12.0 Å². The quantitative estimate of drug-likeness (QED) is 0.939. The highest BCUT2D eigenvalue weighted by molar-refractivity contribution is 7.15. The van der Waals surface area contributed by atoms with Gasteiger partial charge in [-0.15, -0.1) is 11.3 Å². The molecule has 20 heavy (non-hydrogen) atoms. The number of hydrogen-bond acceptors (Lipinski definition) is 5. The molecule has 5 nitrogen and oxygen atoms in total. The number of rotatable bonds is 4. The molecule has 0 saturated carbocycles. The predicted octanol–water partition coefficient (Wildman–Crippen LogP) is 2.30. The number of fused-ring (bicyclic) bond motifs is 1. The number of carbonyl (C=O) groups is 1. The third kappa shape index (κ3) is 3.08. The van der Waals surface area contributed by atoms with Gasteiger partial charge in [0.2, 0.25) is 5.91 Å². The molecule has 0 spiro atoms. The summed E-state index contributed by atoms with van der Waals surface area (Å²) in [5, 5.41) is 3.60. The second kappa shape index (κ2) is 5.76. The molecule has 6 heteroatoms. The molecule has 0 bridgehead atoms. The van der Waals surface area contributed by atoms with Crippen molar-refractivity contribution in [2.45, 2.75) is 25.8 Å². The van der Waals surface area contributed by atoms with Crippen molar-refractivity contribution in [1.29, 1.82) is 0 Å². The summed E-state index contributed by atoms with van der Waals surface area (Å²) in [6.45, 7) is 1.96. The molecule has 0 aliphatic carbocycles. The fourth-order valence-corrected chi connectivity index (χ4v) is 3.35. The molecule has 3 rings (SSSR count). The van der Waals surface area contributed by atoms with E-state index in [0.717, 1.165) is 36.1 Å². The molecule has 3 heterocycles. The second-order valence-electron chi connectivity index (χ2n) is 5.00. The average molecular weight is 291 g/mol. The Kier molecular flexibility index (Phi) is 3.84. The Hall–Kier alpha value is -1.66. The average Bonchev–Trinajstić information content (AvgIpc) is 3.04. The van der Waals surface area contributed by atoms with Crippen LogP contribution in [0.25, 0.3) is 0 Å². The number of aryl methyl sites for hydroxylation is 1.